The number of amides is 1. The minimum atomic E-state index is -0.708. The summed E-state index contributed by atoms with van der Waals surface area (Å²) in [7, 11) is 1.24. The molecule has 0 aliphatic heterocycles. The van der Waals surface area contributed by atoms with Gasteiger partial charge in [-0.05, 0) is 35.9 Å². The number of rotatable bonds is 7. The van der Waals surface area contributed by atoms with Crippen LogP contribution in [0.25, 0.3) is 10.9 Å². The van der Waals surface area contributed by atoms with Gasteiger partial charge >= 0.3 is 11.9 Å². The second kappa shape index (κ2) is 10.4. The molecule has 0 aliphatic carbocycles. The maximum atomic E-state index is 12.7. The third kappa shape index (κ3) is 5.41. The van der Waals surface area contributed by atoms with Crippen LogP contribution in [0.5, 0.6) is 0 Å². The normalized spacial score (nSPS) is 10.5. The summed E-state index contributed by atoms with van der Waals surface area (Å²) in [5, 5.41) is 3.02. The number of fused-ring (bicyclic) bond motifs is 1. The molecule has 9 heteroatoms. The molecule has 0 radical (unpaired) electrons. The Kier molecular flexibility index (Phi) is 6.96. The fourth-order valence-corrected chi connectivity index (χ4v) is 3.55. The fourth-order valence-electron chi connectivity index (χ4n) is 3.55. The minimum absolute atomic E-state index is 0.178. The largest absolute Gasteiger partial charge is 0.465 e. The van der Waals surface area contributed by atoms with Gasteiger partial charge in [-0.25, -0.2) is 14.6 Å². The van der Waals surface area contributed by atoms with Crippen LogP contribution >= 0.6 is 0 Å². The minimum Gasteiger partial charge on any atom is -0.465 e. The van der Waals surface area contributed by atoms with Gasteiger partial charge in [-0.2, -0.15) is 0 Å². The highest BCUT2D eigenvalue weighted by molar-refractivity contribution is 6.02. The molecule has 0 fully saturated rings. The van der Waals surface area contributed by atoms with Crippen LogP contribution in [0.15, 0.2) is 77.6 Å². The van der Waals surface area contributed by atoms with Crippen LogP contribution < -0.4 is 10.9 Å². The summed E-state index contributed by atoms with van der Waals surface area (Å²) < 4.78 is 9.91. The number of benzene rings is 3. The summed E-state index contributed by atoms with van der Waals surface area (Å²) in [5.74, 6) is -1.54. The molecule has 3 aromatic carbocycles. The van der Waals surface area contributed by atoms with Crippen LogP contribution in [-0.2, 0) is 20.7 Å². The Labute approximate surface area is 199 Å². The van der Waals surface area contributed by atoms with Gasteiger partial charge in [-0.15, -0.1) is 0 Å². The average Bonchev–Trinajstić information content (AvgIpc) is 2.87. The predicted molar refractivity (Wildman–Crippen MR) is 128 cm³/mol. The molecular formula is C26H21N3O6. The highest BCUT2D eigenvalue weighted by atomic mass is 16.5. The molecule has 35 heavy (non-hydrogen) atoms. The van der Waals surface area contributed by atoms with Crippen molar-refractivity contribution in [1.82, 2.24) is 9.97 Å². The summed E-state index contributed by atoms with van der Waals surface area (Å²) in [6.07, 6.45) is 0.185. The number of para-hydroxylation sites is 2. The van der Waals surface area contributed by atoms with E-state index >= 15 is 0 Å². The lowest BCUT2D eigenvalue weighted by Gasteiger charge is -2.11. The van der Waals surface area contributed by atoms with Gasteiger partial charge in [0.05, 0.1) is 34.8 Å². The number of esters is 2. The molecule has 0 atom stereocenters. The van der Waals surface area contributed by atoms with Crippen molar-refractivity contribution in [2.24, 2.45) is 0 Å². The highest BCUT2D eigenvalue weighted by Gasteiger charge is 2.17. The van der Waals surface area contributed by atoms with E-state index in [1.807, 2.05) is 0 Å². The Morgan fingerprint density at radius 1 is 0.886 bits per heavy atom. The number of aromatic nitrogens is 2. The van der Waals surface area contributed by atoms with Gasteiger partial charge in [0.2, 0.25) is 0 Å². The maximum Gasteiger partial charge on any atom is 0.339 e. The first-order chi connectivity index (χ1) is 17.0. The molecule has 0 spiro atoms. The van der Waals surface area contributed by atoms with E-state index < -0.39 is 24.5 Å². The number of aromatic amines is 1. The van der Waals surface area contributed by atoms with E-state index in [1.165, 1.54) is 13.2 Å². The summed E-state index contributed by atoms with van der Waals surface area (Å²) in [4.78, 5) is 56.5. The Bertz CT molecular complexity index is 1480. The van der Waals surface area contributed by atoms with Crippen molar-refractivity contribution in [3.63, 3.8) is 0 Å². The lowest BCUT2D eigenvalue weighted by molar-refractivity contribution is -0.119. The molecule has 0 saturated heterocycles. The zero-order valence-electron chi connectivity index (χ0n) is 18.7. The second-order valence-corrected chi connectivity index (χ2v) is 7.53. The summed E-state index contributed by atoms with van der Waals surface area (Å²) in [6, 6.07) is 20.0. The number of carbonyl (C=O) groups excluding carboxylic acids is 3. The van der Waals surface area contributed by atoms with Crippen molar-refractivity contribution in [3.05, 3.63) is 106 Å². The zero-order chi connectivity index (χ0) is 24.8. The third-order valence-electron chi connectivity index (χ3n) is 5.20. The van der Waals surface area contributed by atoms with E-state index in [1.54, 1.807) is 66.7 Å². The first-order valence-corrected chi connectivity index (χ1v) is 10.7. The maximum absolute atomic E-state index is 12.7. The van der Waals surface area contributed by atoms with Gasteiger partial charge in [0.15, 0.2) is 6.61 Å². The molecule has 4 rings (SSSR count). The highest BCUT2D eigenvalue weighted by Crippen LogP contribution is 2.17. The van der Waals surface area contributed by atoms with Crippen LogP contribution in [0.4, 0.5) is 5.69 Å². The van der Waals surface area contributed by atoms with E-state index in [9.17, 15) is 19.2 Å². The van der Waals surface area contributed by atoms with E-state index in [-0.39, 0.29) is 28.8 Å². The topological polar surface area (TPSA) is 127 Å². The lowest BCUT2D eigenvalue weighted by Crippen LogP contribution is -2.23. The van der Waals surface area contributed by atoms with E-state index in [0.29, 0.717) is 22.3 Å². The molecule has 0 unspecified atom stereocenters. The standard InChI is InChI=1S/C26H21N3O6/c1-34-25(32)19-11-5-7-13-21(19)28-23(30)15-35-26(33)17-9-3-2-8-16(17)14-22-27-20-12-6-4-10-18(20)24(31)29-22/h2-13H,14-15H2,1H3,(H,28,30)(H,27,29,31). The fraction of sp³-hybridized carbons (Fsp3) is 0.115. The molecule has 1 heterocycles. The smallest absolute Gasteiger partial charge is 0.339 e. The Morgan fingerprint density at radius 3 is 2.37 bits per heavy atom. The van der Waals surface area contributed by atoms with Crippen molar-refractivity contribution < 1.29 is 23.9 Å². The predicted octanol–water partition coefficient (Wildman–Crippen LogP) is 3.10. The van der Waals surface area contributed by atoms with Crippen molar-refractivity contribution in [2.75, 3.05) is 19.0 Å². The Hall–Kier alpha value is -4.79. The van der Waals surface area contributed by atoms with Gasteiger partial charge in [0, 0.05) is 6.42 Å². The molecule has 0 bridgehead atoms. The Balaban J connectivity index is 1.46. The SMILES string of the molecule is COC(=O)c1ccccc1NC(=O)COC(=O)c1ccccc1Cc1nc2ccccc2c(=O)[nH]1. The van der Waals surface area contributed by atoms with Crippen molar-refractivity contribution >= 4 is 34.4 Å². The number of methoxy groups -OCH3 is 1. The second-order valence-electron chi connectivity index (χ2n) is 7.53. The van der Waals surface area contributed by atoms with Crippen molar-refractivity contribution in [3.8, 4) is 0 Å². The van der Waals surface area contributed by atoms with Gasteiger partial charge in [0.25, 0.3) is 11.5 Å². The summed E-state index contributed by atoms with van der Waals surface area (Å²) in [5.41, 5.74) is 1.52. The molecular weight excluding hydrogens is 450 g/mol. The van der Waals surface area contributed by atoms with Gasteiger partial charge < -0.3 is 19.8 Å². The number of nitrogens with one attached hydrogen (secondary N) is 2. The third-order valence-corrected chi connectivity index (χ3v) is 5.20. The summed E-state index contributed by atoms with van der Waals surface area (Å²) >= 11 is 0. The lowest BCUT2D eigenvalue weighted by atomic mass is 10.0. The van der Waals surface area contributed by atoms with Crippen molar-refractivity contribution in [2.45, 2.75) is 6.42 Å². The van der Waals surface area contributed by atoms with Crippen LogP contribution in [-0.4, -0.2) is 41.5 Å². The molecule has 0 saturated carbocycles. The monoisotopic (exact) mass is 471 g/mol. The first kappa shape index (κ1) is 23.4. The number of hydrogen-bond donors (Lipinski definition) is 2. The van der Waals surface area contributed by atoms with Crippen molar-refractivity contribution in [1.29, 1.82) is 0 Å². The van der Waals surface area contributed by atoms with Crippen LogP contribution in [0.2, 0.25) is 0 Å². The van der Waals surface area contributed by atoms with Crippen LogP contribution in [0.3, 0.4) is 0 Å². The van der Waals surface area contributed by atoms with E-state index in [2.05, 4.69) is 15.3 Å². The molecule has 1 aromatic heterocycles. The number of carbonyl (C=O) groups is 3. The molecule has 0 aliphatic rings. The molecule has 176 valence electrons. The molecule has 1 amide bonds. The summed E-state index contributed by atoms with van der Waals surface area (Å²) in [6.45, 7) is -0.562. The van der Waals surface area contributed by atoms with Gasteiger partial charge in [0.1, 0.15) is 5.82 Å². The molecule has 9 nitrogen and oxygen atoms in total. The van der Waals surface area contributed by atoms with Gasteiger partial charge in [-0.3, -0.25) is 9.59 Å². The van der Waals surface area contributed by atoms with Crippen LogP contribution in [0.1, 0.15) is 32.1 Å². The molecule has 2 N–H and O–H groups in total. The van der Waals surface area contributed by atoms with Crippen LogP contribution in [0, 0.1) is 0 Å². The quantitative estimate of drug-likeness (QED) is 0.397. The number of hydrogen-bond acceptors (Lipinski definition) is 7. The Morgan fingerprint density at radius 2 is 1.57 bits per heavy atom. The number of H-pyrrole nitrogens is 1. The van der Waals surface area contributed by atoms with E-state index in [4.69, 9.17) is 9.47 Å². The number of anilines is 1. The van der Waals surface area contributed by atoms with Gasteiger partial charge in [-0.1, -0.05) is 42.5 Å². The number of ether oxygens (including phenoxy) is 2. The zero-order valence-corrected chi connectivity index (χ0v) is 18.7. The average molecular weight is 471 g/mol. The number of nitrogens with zero attached hydrogens (tertiary/aromatic N) is 1. The van der Waals surface area contributed by atoms with E-state index in [0.717, 1.165) is 0 Å². The first-order valence-electron chi connectivity index (χ1n) is 10.7. The molecule has 4 aromatic rings.